The maximum atomic E-state index is 5.47. The number of nitrogens with zero attached hydrogens (tertiary/aromatic N) is 6. The van der Waals surface area contributed by atoms with Crippen LogP contribution in [0.25, 0.3) is 5.65 Å². The normalized spacial score (nSPS) is 10.5. The van der Waals surface area contributed by atoms with Gasteiger partial charge in [0.1, 0.15) is 5.75 Å². The van der Waals surface area contributed by atoms with Gasteiger partial charge in [-0.25, -0.2) is 0 Å². The fourth-order valence-corrected chi connectivity index (χ4v) is 1.22. The van der Waals surface area contributed by atoms with E-state index in [2.05, 4.69) is 25.6 Å². The second-order valence-corrected chi connectivity index (χ2v) is 2.99. The molecule has 0 saturated carbocycles. The molecule has 0 saturated heterocycles. The lowest BCUT2D eigenvalue weighted by Gasteiger charge is -2.02. The molecule has 0 aromatic carbocycles. The van der Waals surface area contributed by atoms with E-state index in [1.165, 1.54) is 4.63 Å². The molecule has 3 rings (SSSR count). The highest BCUT2D eigenvalue weighted by Crippen LogP contribution is 2.16. The summed E-state index contributed by atoms with van der Waals surface area (Å²) in [5.41, 5.74) is 0.568. The first-order valence-corrected chi connectivity index (χ1v) is 4.55. The first-order chi connectivity index (χ1) is 7.92. The van der Waals surface area contributed by atoms with Crippen molar-refractivity contribution in [3.63, 3.8) is 0 Å². The number of tetrazole rings is 1. The molecular formula is C9H6N6O. The first kappa shape index (κ1) is 8.72. The van der Waals surface area contributed by atoms with Crippen molar-refractivity contribution >= 4 is 5.65 Å². The van der Waals surface area contributed by atoms with Gasteiger partial charge < -0.3 is 4.74 Å². The van der Waals surface area contributed by atoms with Crippen molar-refractivity contribution in [3.05, 3.63) is 36.7 Å². The van der Waals surface area contributed by atoms with Crippen molar-refractivity contribution in [2.45, 2.75) is 0 Å². The molecule has 0 amide bonds. The van der Waals surface area contributed by atoms with E-state index >= 15 is 0 Å². The van der Waals surface area contributed by atoms with Gasteiger partial charge in [-0.15, -0.1) is 14.8 Å². The van der Waals surface area contributed by atoms with E-state index in [1.807, 2.05) is 0 Å². The number of rotatable bonds is 2. The maximum absolute atomic E-state index is 5.47. The summed E-state index contributed by atoms with van der Waals surface area (Å²) in [6.07, 6.45) is 3.27. The van der Waals surface area contributed by atoms with Crippen molar-refractivity contribution in [2.24, 2.45) is 0 Å². The Morgan fingerprint density at radius 2 is 2.19 bits per heavy atom. The van der Waals surface area contributed by atoms with Crippen LogP contribution in [0.5, 0.6) is 11.6 Å². The van der Waals surface area contributed by atoms with Crippen LogP contribution in [-0.2, 0) is 0 Å². The fourth-order valence-electron chi connectivity index (χ4n) is 1.22. The van der Waals surface area contributed by atoms with Crippen LogP contribution in [0.1, 0.15) is 0 Å². The minimum Gasteiger partial charge on any atom is -0.436 e. The summed E-state index contributed by atoms with van der Waals surface area (Å²) in [7, 11) is 0. The molecule has 0 bridgehead atoms. The Kier molecular flexibility index (Phi) is 1.93. The zero-order chi connectivity index (χ0) is 10.8. The van der Waals surface area contributed by atoms with Crippen molar-refractivity contribution < 1.29 is 4.74 Å². The third kappa shape index (κ3) is 1.54. The predicted molar refractivity (Wildman–Crippen MR) is 52.9 cm³/mol. The van der Waals surface area contributed by atoms with E-state index < -0.39 is 0 Å². The van der Waals surface area contributed by atoms with Gasteiger partial charge in [-0.1, -0.05) is 0 Å². The van der Waals surface area contributed by atoms with Gasteiger partial charge in [-0.2, -0.15) is 0 Å². The summed E-state index contributed by atoms with van der Waals surface area (Å²) in [4.78, 5) is 3.93. The maximum Gasteiger partial charge on any atom is 0.239 e. The van der Waals surface area contributed by atoms with Crippen LogP contribution in [0.3, 0.4) is 0 Å². The molecule has 0 N–H and O–H groups in total. The molecule has 0 fully saturated rings. The van der Waals surface area contributed by atoms with E-state index in [0.717, 1.165) is 0 Å². The number of hydrogen-bond donors (Lipinski definition) is 0. The van der Waals surface area contributed by atoms with Crippen LogP contribution in [0.4, 0.5) is 0 Å². The minimum absolute atomic E-state index is 0.410. The average Bonchev–Trinajstić information content (AvgIpc) is 2.77. The predicted octanol–water partition coefficient (Wildman–Crippen LogP) is 0.707. The number of fused-ring (bicyclic) bond motifs is 1. The summed E-state index contributed by atoms with van der Waals surface area (Å²) in [5, 5.41) is 15.0. The molecule has 3 heterocycles. The van der Waals surface area contributed by atoms with Gasteiger partial charge in [0.15, 0.2) is 5.65 Å². The quantitative estimate of drug-likeness (QED) is 0.625. The van der Waals surface area contributed by atoms with Crippen molar-refractivity contribution in [2.75, 3.05) is 0 Å². The van der Waals surface area contributed by atoms with E-state index in [4.69, 9.17) is 4.74 Å². The Morgan fingerprint density at radius 1 is 1.19 bits per heavy atom. The Balaban J connectivity index is 1.94. The Morgan fingerprint density at radius 3 is 3.06 bits per heavy atom. The van der Waals surface area contributed by atoms with E-state index in [-0.39, 0.29) is 0 Å². The van der Waals surface area contributed by atoms with Gasteiger partial charge >= 0.3 is 0 Å². The fraction of sp³-hybridized carbons (Fsp3) is 0. The second kappa shape index (κ2) is 3.54. The van der Waals surface area contributed by atoms with Crippen LogP contribution in [0, 0.1) is 0 Å². The van der Waals surface area contributed by atoms with Gasteiger partial charge in [-0.3, -0.25) is 4.98 Å². The zero-order valence-electron chi connectivity index (χ0n) is 8.06. The summed E-state index contributed by atoms with van der Waals surface area (Å²) in [6, 6.07) is 6.99. The molecule has 78 valence electrons. The highest BCUT2D eigenvalue weighted by atomic mass is 16.5. The SMILES string of the molecule is c1cncc(Oc2ccc3nnnn3n2)c1. The summed E-state index contributed by atoms with van der Waals surface area (Å²) >= 11 is 0. The van der Waals surface area contributed by atoms with Crippen LogP contribution < -0.4 is 4.74 Å². The van der Waals surface area contributed by atoms with Crippen LogP contribution >= 0.6 is 0 Å². The lowest BCUT2D eigenvalue weighted by Crippen LogP contribution is -1.97. The molecule has 3 aromatic rings. The van der Waals surface area contributed by atoms with Crippen molar-refractivity contribution in [3.8, 4) is 11.6 Å². The zero-order valence-corrected chi connectivity index (χ0v) is 8.06. The highest BCUT2D eigenvalue weighted by molar-refractivity contribution is 5.35. The number of hydrogen-bond acceptors (Lipinski definition) is 6. The summed E-state index contributed by atoms with van der Waals surface area (Å²) < 4.78 is 6.76. The molecular weight excluding hydrogens is 208 g/mol. The number of ether oxygens (including phenoxy) is 1. The standard InChI is InChI=1S/C9H6N6O/c1-2-7(6-10-5-1)16-9-4-3-8-11-13-14-15(8)12-9/h1-6H. The smallest absolute Gasteiger partial charge is 0.239 e. The Hall–Kier alpha value is -2.57. The number of pyridine rings is 1. The minimum atomic E-state index is 0.410. The Labute approximate surface area is 89.7 Å². The Bertz CT molecular complexity index is 607. The molecule has 0 unspecified atom stereocenters. The van der Waals surface area contributed by atoms with Crippen LogP contribution in [-0.4, -0.2) is 30.2 Å². The largest absolute Gasteiger partial charge is 0.436 e. The van der Waals surface area contributed by atoms with Crippen molar-refractivity contribution in [1.29, 1.82) is 0 Å². The van der Waals surface area contributed by atoms with Crippen LogP contribution in [0.15, 0.2) is 36.7 Å². The van der Waals surface area contributed by atoms with Gasteiger partial charge in [0, 0.05) is 12.3 Å². The topological polar surface area (TPSA) is 78.1 Å². The van der Waals surface area contributed by atoms with Gasteiger partial charge in [0.05, 0.1) is 6.20 Å². The van der Waals surface area contributed by atoms with Crippen molar-refractivity contribution in [1.82, 2.24) is 30.2 Å². The average molecular weight is 214 g/mol. The lowest BCUT2D eigenvalue weighted by molar-refractivity contribution is 0.445. The third-order valence-electron chi connectivity index (χ3n) is 1.90. The molecule has 7 heteroatoms. The monoisotopic (exact) mass is 214 g/mol. The summed E-state index contributed by atoms with van der Waals surface area (Å²) in [5.74, 6) is 1.02. The third-order valence-corrected chi connectivity index (χ3v) is 1.90. The molecule has 0 radical (unpaired) electrons. The van der Waals surface area contributed by atoms with Gasteiger partial charge in [0.25, 0.3) is 0 Å². The molecule has 0 aliphatic carbocycles. The molecule has 0 atom stereocenters. The molecule has 0 spiro atoms. The first-order valence-electron chi connectivity index (χ1n) is 4.55. The highest BCUT2D eigenvalue weighted by Gasteiger charge is 2.02. The summed E-state index contributed by atoms with van der Waals surface area (Å²) in [6.45, 7) is 0. The van der Waals surface area contributed by atoms with Gasteiger partial charge in [0.2, 0.25) is 5.88 Å². The molecule has 0 aliphatic heterocycles. The van der Waals surface area contributed by atoms with Crippen LogP contribution in [0.2, 0.25) is 0 Å². The second-order valence-electron chi connectivity index (χ2n) is 2.99. The molecule has 16 heavy (non-hydrogen) atoms. The van der Waals surface area contributed by atoms with E-state index in [0.29, 0.717) is 17.3 Å². The molecule has 7 nitrogen and oxygen atoms in total. The molecule has 0 aliphatic rings. The molecule has 3 aromatic heterocycles. The lowest BCUT2D eigenvalue weighted by atomic mass is 10.4. The van der Waals surface area contributed by atoms with Gasteiger partial charge in [-0.05, 0) is 28.6 Å². The van der Waals surface area contributed by atoms with E-state index in [1.54, 1.807) is 36.7 Å². The number of aromatic nitrogens is 6. The van der Waals surface area contributed by atoms with E-state index in [9.17, 15) is 0 Å².